The first-order valence-electron chi connectivity index (χ1n) is 5.16. The zero-order valence-corrected chi connectivity index (χ0v) is 9.05. The molecule has 0 spiro atoms. The van der Waals surface area contributed by atoms with Crippen molar-refractivity contribution in [2.24, 2.45) is 0 Å². The van der Waals surface area contributed by atoms with Crippen molar-refractivity contribution in [2.75, 3.05) is 20.3 Å². The van der Waals surface area contributed by atoms with Gasteiger partial charge in [-0.05, 0) is 12.8 Å². The molecule has 1 aliphatic heterocycles. The first-order valence-corrected chi connectivity index (χ1v) is 5.16. The van der Waals surface area contributed by atoms with Gasteiger partial charge in [0.1, 0.15) is 0 Å². The molecule has 0 aliphatic carbocycles. The van der Waals surface area contributed by atoms with Crippen LogP contribution >= 0.6 is 0 Å². The summed E-state index contributed by atoms with van der Waals surface area (Å²) >= 11 is 0. The molecular weight excluding hydrogens is 212 g/mol. The number of carbonyl (C=O) groups is 1. The predicted octanol–water partition coefficient (Wildman–Crippen LogP) is 0.941. The number of aromatic carboxylic acids is 1. The average Bonchev–Trinajstić information content (AvgIpc) is 2.73. The molecular formula is C10H14N2O4. The molecule has 88 valence electrons. The van der Waals surface area contributed by atoms with E-state index in [4.69, 9.17) is 14.6 Å². The van der Waals surface area contributed by atoms with Gasteiger partial charge in [-0.1, -0.05) is 0 Å². The highest BCUT2D eigenvalue weighted by Gasteiger charge is 2.25. The van der Waals surface area contributed by atoms with Crippen LogP contribution in [-0.2, 0) is 4.74 Å². The Balaban J connectivity index is 2.32. The van der Waals surface area contributed by atoms with Gasteiger partial charge in [0.25, 0.3) is 0 Å². The third-order valence-corrected chi connectivity index (χ3v) is 2.72. The van der Waals surface area contributed by atoms with Crippen molar-refractivity contribution in [3.63, 3.8) is 0 Å². The van der Waals surface area contributed by atoms with Gasteiger partial charge in [0.15, 0.2) is 11.4 Å². The molecule has 0 bridgehead atoms. The fourth-order valence-electron chi connectivity index (χ4n) is 1.91. The van der Waals surface area contributed by atoms with Crippen molar-refractivity contribution in [2.45, 2.75) is 18.9 Å². The van der Waals surface area contributed by atoms with Crippen LogP contribution in [0.2, 0.25) is 0 Å². The van der Waals surface area contributed by atoms with E-state index in [1.807, 2.05) is 0 Å². The number of ether oxygens (including phenoxy) is 2. The molecule has 1 fully saturated rings. The van der Waals surface area contributed by atoms with Gasteiger partial charge in [0.05, 0.1) is 19.3 Å². The Bertz CT molecular complexity index is 382. The predicted molar refractivity (Wildman–Crippen MR) is 54.8 cm³/mol. The topological polar surface area (TPSA) is 73.6 Å². The summed E-state index contributed by atoms with van der Waals surface area (Å²) in [6.45, 7) is 1.29. The molecule has 0 amide bonds. The SMILES string of the molecule is COc1cnn(C2CCOCC2)c1C(=O)O. The number of rotatable bonds is 3. The third kappa shape index (κ3) is 1.88. The van der Waals surface area contributed by atoms with Crippen LogP contribution in [0.4, 0.5) is 0 Å². The maximum absolute atomic E-state index is 11.1. The molecule has 6 nitrogen and oxygen atoms in total. The quantitative estimate of drug-likeness (QED) is 0.830. The molecule has 0 unspecified atom stereocenters. The molecule has 2 rings (SSSR count). The smallest absolute Gasteiger partial charge is 0.358 e. The molecule has 16 heavy (non-hydrogen) atoms. The van der Waals surface area contributed by atoms with E-state index < -0.39 is 5.97 Å². The minimum atomic E-state index is -1.01. The molecule has 6 heteroatoms. The molecule has 1 aliphatic rings. The van der Waals surface area contributed by atoms with E-state index in [0.717, 1.165) is 12.8 Å². The van der Waals surface area contributed by atoms with Crippen LogP contribution in [0.15, 0.2) is 6.20 Å². The second-order valence-corrected chi connectivity index (χ2v) is 3.65. The monoisotopic (exact) mass is 226 g/mol. The van der Waals surface area contributed by atoms with Crippen molar-refractivity contribution in [3.8, 4) is 5.75 Å². The summed E-state index contributed by atoms with van der Waals surface area (Å²) in [4.78, 5) is 11.1. The molecule has 1 saturated heterocycles. The number of methoxy groups -OCH3 is 1. The highest BCUT2D eigenvalue weighted by Crippen LogP contribution is 2.26. The van der Waals surface area contributed by atoms with Crippen LogP contribution in [0.3, 0.4) is 0 Å². The highest BCUT2D eigenvalue weighted by atomic mass is 16.5. The van der Waals surface area contributed by atoms with Crippen LogP contribution in [0.25, 0.3) is 0 Å². The maximum atomic E-state index is 11.1. The second-order valence-electron chi connectivity index (χ2n) is 3.65. The van der Waals surface area contributed by atoms with Crippen molar-refractivity contribution < 1.29 is 19.4 Å². The van der Waals surface area contributed by atoms with Crippen LogP contribution in [0.5, 0.6) is 5.75 Å². The van der Waals surface area contributed by atoms with Gasteiger partial charge >= 0.3 is 5.97 Å². The Morgan fingerprint density at radius 3 is 2.88 bits per heavy atom. The average molecular weight is 226 g/mol. The fraction of sp³-hybridized carbons (Fsp3) is 0.600. The van der Waals surface area contributed by atoms with Crippen molar-refractivity contribution >= 4 is 5.97 Å². The van der Waals surface area contributed by atoms with Crippen LogP contribution in [-0.4, -0.2) is 41.2 Å². The Hall–Kier alpha value is -1.56. The fourth-order valence-corrected chi connectivity index (χ4v) is 1.91. The minimum absolute atomic E-state index is 0.0868. The molecule has 1 N–H and O–H groups in total. The zero-order valence-electron chi connectivity index (χ0n) is 9.05. The molecule has 0 atom stereocenters. The number of aromatic nitrogens is 2. The third-order valence-electron chi connectivity index (χ3n) is 2.72. The summed E-state index contributed by atoms with van der Waals surface area (Å²) in [5.41, 5.74) is 0.120. The lowest BCUT2D eigenvalue weighted by molar-refractivity contribution is 0.0580. The molecule has 0 aromatic carbocycles. The van der Waals surface area contributed by atoms with Crippen molar-refractivity contribution in [3.05, 3.63) is 11.9 Å². The standard InChI is InChI=1S/C10H14N2O4/c1-15-8-6-11-12(9(8)10(13)14)7-2-4-16-5-3-7/h6-7H,2-5H2,1H3,(H,13,14). The van der Waals surface area contributed by atoms with Crippen LogP contribution < -0.4 is 4.74 Å². The maximum Gasteiger partial charge on any atom is 0.358 e. The lowest BCUT2D eigenvalue weighted by atomic mass is 10.1. The molecule has 0 radical (unpaired) electrons. The van der Waals surface area contributed by atoms with Gasteiger partial charge in [0, 0.05) is 13.2 Å². The molecule has 2 heterocycles. The van der Waals surface area contributed by atoms with Crippen molar-refractivity contribution in [1.29, 1.82) is 0 Å². The summed E-state index contributed by atoms with van der Waals surface area (Å²) in [7, 11) is 1.44. The Kier molecular flexibility index (Phi) is 3.09. The second kappa shape index (κ2) is 4.52. The van der Waals surface area contributed by atoms with E-state index in [1.54, 1.807) is 0 Å². The van der Waals surface area contributed by atoms with Crippen molar-refractivity contribution in [1.82, 2.24) is 9.78 Å². The van der Waals surface area contributed by atoms with Crippen LogP contribution in [0, 0.1) is 0 Å². The normalized spacial score (nSPS) is 17.3. The minimum Gasteiger partial charge on any atom is -0.493 e. The summed E-state index contributed by atoms with van der Waals surface area (Å²) in [6, 6.07) is 0.0868. The first-order chi connectivity index (χ1) is 7.74. The number of nitrogens with zero attached hydrogens (tertiary/aromatic N) is 2. The van der Waals surface area contributed by atoms with Gasteiger partial charge in [0.2, 0.25) is 0 Å². The van der Waals surface area contributed by atoms with E-state index in [-0.39, 0.29) is 11.7 Å². The van der Waals surface area contributed by atoms with E-state index in [1.165, 1.54) is 18.0 Å². The number of carboxylic acid groups (broad SMARTS) is 1. The van der Waals surface area contributed by atoms with E-state index in [2.05, 4.69) is 5.10 Å². The summed E-state index contributed by atoms with van der Waals surface area (Å²) in [6.07, 6.45) is 3.01. The zero-order chi connectivity index (χ0) is 11.5. The van der Waals surface area contributed by atoms with E-state index >= 15 is 0 Å². The number of hydrogen-bond donors (Lipinski definition) is 1. The Labute approximate surface area is 92.8 Å². The van der Waals surface area contributed by atoms with Gasteiger partial charge in [-0.15, -0.1) is 0 Å². The lowest BCUT2D eigenvalue weighted by Crippen LogP contribution is -2.23. The van der Waals surface area contributed by atoms with E-state index in [9.17, 15) is 4.79 Å². The van der Waals surface area contributed by atoms with Crippen LogP contribution in [0.1, 0.15) is 29.4 Å². The molecule has 1 aromatic rings. The summed E-state index contributed by atoms with van der Waals surface area (Å²) in [5.74, 6) is -0.708. The van der Waals surface area contributed by atoms with Gasteiger partial charge in [-0.25, -0.2) is 4.79 Å². The van der Waals surface area contributed by atoms with E-state index in [0.29, 0.717) is 19.0 Å². The molecule has 1 aromatic heterocycles. The van der Waals surface area contributed by atoms with Gasteiger partial charge in [-0.2, -0.15) is 5.10 Å². The van der Waals surface area contributed by atoms with Gasteiger partial charge < -0.3 is 14.6 Å². The first kappa shape index (κ1) is 10.9. The number of carboxylic acids is 1. The summed E-state index contributed by atoms with van der Waals surface area (Å²) in [5, 5.41) is 13.2. The molecule has 0 saturated carbocycles. The Morgan fingerprint density at radius 2 is 2.31 bits per heavy atom. The Morgan fingerprint density at radius 1 is 1.62 bits per heavy atom. The lowest BCUT2D eigenvalue weighted by Gasteiger charge is -2.23. The van der Waals surface area contributed by atoms with Gasteiger partial charge in [-0.3, -0.25) is 4.68 Å². The summed E-state index contributed by atoms with van der Waals surface area (Å²) < 4.78 is 11.7. The number of hydrogen-bond acceptors (Lipinski definition) is 4. The highest BCUT2D eigenvalue weighted by molar-refractivity contribution is 5.88. The largest absolute Gasteiger partial charge is 0.493 e.